The Morgan fingerprint density at radius 3 is 2.61 bits per heavy atom. The molecule has 0 unspecified atom stereocenters. The molecule has 2 aliphatic rings. The zero-order valence-electron chi connectivity index (χ0n) is 21.2. The highest BCUT2D eigenvalue weighted by Crippen LogP contribution is 2.41. The van der Waals surface area contributed by atoms with Crippen LogP contribution in [0.2, 0.25) is 0 Å². The van der Waals surface area contributed by atoms with E-state index in [1.807, 2.05) is 43.3 Å². The van der Waals surface area contributed by atoms with E-state index in [0.29, 0.717) is 61.2 Å². The Labute approximate surface area is 212 Å². The first-order valence-electron chi connectivity index (χ1n) is 12.5. The molecule has 8 heteroatoms. The number of aliphatic hydroxyl groups excluding tert-OH is 1. The predicted octanol–water partition coefficient (Wildman–Crippen LogP) is 4.01. The average Bonchev–Trinajstić information content (AvgIpc) is 3.13. The molecule has 0 saturated carbocycles. The first-order chi connectivity index (χ1) is 17.4. The summed E-state index contributed by atoms with van der Waals surface area (Å²) in [6.07, 6.45) is 2.63. The number of amides is 1. The summed E-state index contributed by atoms with van der Waals surface area (Å²) in [4.78, 5) is 30.1. The molecular weight excluding hydrogens is 460 g/mol. The predicted molar refractivity (Wildman–Crippen MR) is 136 cm³/mol. The van der Waals surface area contributed by atoms with Gasteiger partial charge in [0.1, 0.15) is 24.7 Å². The van der Waals surface area contributed by atoms with Gasteiger partial charge in [-0.05, 0) is 69.4 Å². The Bertz CT molecular complexity index is 1140. The molecule has 0 bridgehead atoms. The number of hydrogen-bond acceptors (Lipinski definition) is 7. The normalized spacial score (nSPS) is 18.7. The second-order valence-electron chi connectivity index (χ2n) is 9.28. The number of Topliss-reactive ketones (excluding diaryl/α,β-unsaturated/α-hetero) is 1. The van der Waals surface area contributed by atoms with Crippen molar-refractivity contribution < 1.29 is 28.9 Å². The van der Waals surface area contributed by atoms with Gasteiger partial charge in [-0.1, -0.05) is 25.5 Å². The lowest BCUT2D eigenvalue weighted by molar-refractivity contribution is -0.139. The number of ether oxygens (including phenoxy) is 3. The maximum absolute atomic E-state index is 13.3. The van der Waals surface area contributed by atoms with Crippen molar-refractivity contribution in [3.05, 3.63) is 59.2 Å². The van der Waals surface area contributed by atoms with Gasteiger partial charge in [0.25, 0.3) is 11.7 Å². The topological polar surface area (TPSA) is 88.5 Å². The van der Waals surface area contributed by atoms with Gasteiger partial charge < -0.3 is 29.1 Å². The lowest BCUT2D eigenvalue weighted by Gasteiger charge is -2.26. The van der Waals surface area contributed by atoms with Gasteiger partial charge in [-0.15, -0.1) is 0 Å². The third-order valence-electron chi connectivity index (χ3n) is 6.30. The Kier molecular flexibility index (Phi) is 8.15. The minimum Gasteiger partial charge on any atom is -0.507 e. The number of carbonyl (C=O) groups excluding carboxylic acids is 2. The van der Waals surface area contributed by atoms with Crippen LogP contribution in [0.1, 0.15) is 43.4 Å². The molecule has 2 aliphatic heterocycles. The highest BCUT2D eigenvalue weighted by Gasteiger charge is 2.46. The molecule has 1 amide bonds. The number of benzene rings is 2. The number of aliphatic hydroxyl groups is 1. The zero-order chi connectivity index (χ0) is 25.7. The van der Waals surface area contributed by atoms with Crippen LogP contribution in [0.25, 0.3) is 5.76 Å². The van der Waals surface area contributed by atoms with Crippen molar-refractivity contribution in [1.82, 2.24) is 9.80 Å². The highest BCUT2D eigenvalue weighted by molar-refractivity contribution is 6.46. The summed E-state index contributed by atoms with van der Waals surface area (Å²) in [6.45, 7) is 4.68. The first-order valence-corrected chi connectivity index (χ1v) is 12.5. The maximum atomic E-state index is 13.3. The molecule has 1 fully saturated rings. The Morgan fingerprint density at radius 2 is 1.86 bits per heavy atom. The summed E-state index contributed by atoms with van der Waals surface area (Å²) >= 11 is 0. The monoisotopic (exact) mass is 494 g/mol. The van der Waals surface area contributed by atoms with Gasteiger partial charge in [0.05, 0.1) is 18.2 Å². The molecule has 2 heterocycles. The molecule has 192 valence electrons. The Hall–Kier alpha value is -3.52. The number of ketones is 1. The Balaban J connectivity index is 1.75. The van der Waals surface area contributed by atoms with E-state index in [2.05, 4.69) is 6.92 Å². The number of carbonyl (C=O) groups is 2. The standard InChI is InChI=1S/C28H34N2O6/c1-4-5-14-34-21-9-6-8-19(17-21)25-24(27(32)28(33)30(25)13-7-12-29(2)3)26(31)20-10-11-22-23(18-20)36-16-15-35-22/h6,8-11,17-18,25,31H,4-5,7,12-16H2,1-3H3/b26-24+/t25-/m0/s1. The number of rotatable bonds is 10. The molecule has 1 atom stereocenters. The number of hydrogen-bond donors (Lipinski definition) is 1. The quantitative estimate of drug-likeness (QED) is 0.231. The molecule has 8 nitrogen and oxygen atoms in total. The van der Waals surface area contributed by atoms with Crippen molar-refractivity contribution in [1.29, 1.82) is 0 Å². The summed E-state index contributed by atoms with van der Waals surface area (Å²) in [6, 6.07) is 11.7. The van der Waals surface area contributed by atoms with E-state index in [9.17, 15) is 14.7 Å². The van der Waals surface area contributed by atoms with Gasteiger partial charge in [-0.2, -0.15) is 0 Å². The third kappa shape index (κ3) is 5.49. The molecule has 2 aromatic carbocycles. The van der Waals surface area contributed by atoms with Crippen LogP contribution in [-0.4, -0.2) is 73.6 Å². The van der Waals surface area contributed by atoms with Gasteiger partial charge in [-0.3, -0.25) is 9.59 Å². The molecule has 1 saturated heterocycles. The fraction of sp³-hybridized carbons (Fsp3) is 0.429. The van der Waals surface area contributed by atoms with Crippen LogP contribution in [0.3, 0.4) is 0 Å². The van der Waals surface area contributed by atoms with Gasteiger partial charge in [-0.25, -0.2) is 0 Å². The van der Waals surface area contributed by atoms with E-state index in [0.717, 1.165) is 19.4 Å². The number of nitrogens with zero attached hydrogens (tertiary/aromatic N) is 2. The van der Waals surface area contributed by atoms with Crippen LogP contribution in [0.15, 0.2) is 48.0 Å². The highest BCUT2D eigenvalue weighted by atomic mass is 16.6. The van der Waals surface area contributed by atoms with E-state index in [-0.39, 0.29) is 11.3 Å². The van der Waals surface area contributed by atoms with Crippen molar-refractivity contribution >= 4 is 17.4 Å². The molecule has 1 N–H and O–H groups in total. The van der Waals surface area contributed by atoms with Crippen LogP contribution in [0.4, 0.5) is 0 Å². The zero-order valence-corrected chi connectivity index (χ0v) is 21.2. The molecule has 0 aliphatic carbocycles. The van der Waals surface area contributed by atoms with Crippen molar-refractivity contribution in [2.45, 2.75) is 32.2 Å². The van der Waals surface area contributed by atoms with E-state index in [1.54, 1.807) is 23.1 Å². The maximum Gasteiger partial charge on any atom is 0.295 e. The molecule has 2 aromatic rings. The lowest BCUT2D eigenvalue weighted by Crippen LogP contribution is -2.32. The molecule has 36 heavy (non-hydrogen) atoms. The van der Waals surface area contributed by atoms with E-state index < -0.39 is 17.7 Å². The molecule has 0 radical (unpaired) electrons. The van der Waals surface area contributed by atoms with Crippen molar-refractivity contribution in [3.8, 4) is 17.2 Å². The molecular formula is C28H34N2O6. The van der Waals surface area contributed by atoms with Crippen LogP contribution in [-0.2, 0) is 9.59 Å². The van der Waals surface area contributed by atoms with E-state index in [4.69, 9.17) is 14.2 Å². The SMILES string of the molecule is CCCCOc1cccc([C@H]2/C(=C(\O)c3ccc4c(c3)OCCO4)C(=O)C(=O)N2CCCN(C)C)c1. The molecule has 0 spiro atoms. The number of likely N-dealkylation sites (tertiary alicyclic amines) is 1. The van der Waals surface area contributed by atoms with Crippen LogP contribution >= 0.6 is 0 Å². The van der Waals surface area contributed by atoms with Gasteiger partial charge >= 0.3 is 0 Å². The second kappa shape index (κ2) is 11.5. The van der Waals surface area contributed by atoms with Crippen molar-refractivity contribution in [2.24, 2.45) is 0 Å². The van der Waals surface area contributed by atoms with Crippen molar-refractivity contribution in [3.63, 3.8) is 0 Å². The summed E-state index contributed by atoms with van der Waals surface area (Å²) < 4.78 is 17.1. The molecule has 0 aromatic heterocycles. The fourth-order valence-electron chi connectivity index (χ4n) is 4.47. The van der Waals surface area contributed by atoms with Crippen LogP contribution < -0.4 is 14.2 Å². The second-order valence-corrected chi connectivity index (χ2v) is 9.28. The van der Waals surface area contributed by atoms with Gasteiger partial charge in [0, 0.05) is 12.1 Å². The largest absolute Gasteiger partial charge is 0.507 e. The van der Waals surface area contributed by atoms with E-state index >= 15 is 0 Å². The smallest absolute Gasteiger partial charge is 0.295 e. The summed E-state index contributed by atoms with van der Waals surface area (Å²) in [5, 5.41) is 11.4. The summed E-state index contributed by atoms with van der Waals surface area (Å²) in [5.41, 5.74) is 1.17. The van der Waals surface area contributed by atoms with Crippen LogP contribution in [0, 0.1) is 0 Å². The summed E-state index contributed by atoms with van der Waals surface area (Å²) in [7, 11) is 3.93. The lowest BCUT2D eigenvalue weighted by atomic mass is 9.95. The fourth-order valence-corrected chi connectivity index (χ4v) is 4.47. The minimum absolute atomic E-state index is 0.0623. The van der Waals surface area contributed by atoms with Crippen LogP contribution in [0.5, 0.6) is 17.2 Å². The van der Waals surface area contributed by atoms with Crippen molar-refractivity contribution in [2.75, 3.05) is 47.0 Å². The number of fused-ring (bicyclic) bond motifs is 1. The average molecular weight is 495 g/mol. The van der Waals surface area contributed by atoms with E-state index in [1.165, 1.54) is 0 Å². The third-order valence-corrected chi connectivity index (χ3v) is 6.30. The van der Waals surface area contributed by atoms with Gasteiger partial charge in [0.2, 0.25) is 0 Å². The number of unbranched alkanes of at least 4 members (excludes halogenated alkanes) is 1. The summed E-state index contributed by atoms with van der Waals surface area (Å²) in [5.74, 6) is 0.190. The minimum atomic E-state index is -0.727. The Morgan fingerprint density at radius 1 is 1.08 bits per heavy atom. The molecule has 4 rings (SSSR count). The first kappa shape index (κ1) is 25.6. The van der Waals surface area contributed by atoms with Gasteiger partial charge in [0.15, 0.2) is 11.5 Å².